The van der Waals surface area contributed by atoms with E-state index in [-0.39, 0.29) is 0 Å². The summed E-state index contributed by atoms with van der Waals surface area (Å²) in [5.74, 6) is -0.752. The van der Waals surface area contributed by atoms with Gasteiger partial charge in [-0.05, 0) is 33.2 Å². The Balaban J connectivity index is 2.48. The zero-order valence-electron chi connectivity index (χ0n) is 8.90. The van der Waals surface area contributed by atoms with E-state index in [2.05, 4.69) is 0 Å². The van der Waals surface area contributed by atoms with E-state index in [0.29, 0.717) is 6.04 Å². The Morgan fingerprint density at radius 2 is 2.21 bits per heavy atom. The van der Waals surface area contributed by atoms with Crippen LogP contribution in [0, 0.1) is 0 Å². The van der Waals surface area contributed by atoms with Crippen molar-refractivity contribution < 1.29 is 14.6 Å². The van der Waals surface area contributed by atoms with E-state index in [9.17, 15) is 4.79 Å². The molecule has 14 heavy (non-hydrogen) atoms. The van der Waals surface area contributed by atoms with Gasteiger partial charge in [0.05, 0.1) is 0 Å². The molecule has 2 atom stereocenters. The molecule has 1 fully saturated rings. The second kappa shape index (κ2) is 5.32. The number of nitrogens with zero attached hydrogens (tertiary/aromatic N) is 1. The van der Waals surface area contributed by atoms with Crippen molar-refractivity contribution in [3.63, 3.8) is 0 Å². The van der Waals surface area contributed by atoms with Gasteiger partial charge in [-0.15, -0.1) is 0 Å². The average molecular weight is 201 g/mol. The summed E-state index contributed by atoms with van der Waals surface area (Å²) >= 11 is 0. The topological polar surface area (TPSA) is 49.8 Å². The SMILES string of the molecule is CC(C(=O)O)N(C)C1CCCOCC1. The number of carboxylic acid groups (broad SMARTS) is 1. The van der Waals surface area contributed by atoms with Gasteiger partial charge in [0.15, 0.2) is 0 Å². The summed E-state index contributed by atoms with van der Waals surface area (Å²) in [6.07, 6.45) is 3.00. The second-order valence-corrected chi connectivity index (χ2v) is 3.88. The molecule has 1 aliphatic heterocycles. The Kier molecular flexibility index (Phi) is 4.35. The van der Waals surface area contributed by atoms with Crippen LogP contribution >= 0.6 is 0 Å². The van der Waals surface area contributed by atoms with Crippen LogP contribution in [-0.2, 0) is 9.53 Å². The van der Waals surface area contributed by atoms with Crippen LogP contribution in [0.1, 0.15) is 26.2 Å². The molecule has 0 aliphatic carbocycles. The van der Waals surface area contributed by atoms with E-state index in [1.54, 1.807) is 6.92 Å². The van der Waals surface area contributed by atoms with Gasteiger partial charge >= 0.3 is 5.97 Å². The third kappa shape index (κ3) is 2.96. The van der Waals surface area contributed by atoms with Crippen LogP contribution in [-0.4, -0.2) is 48.3 Å². The van der Waals surface area contributed by atoms with Crippen LogP contribution in [0.25, 0.3) is 0 Å². The Hall–Kier alpha value is -0.610. The van der Waals surface area contributed by atoms with Crippen molar-refractivity contribution in [1.29, 1.82) is 0 Å². The van der Waals surface area contributed by atoms with E-state index in [0.717, 1.165) is 32.5 Å². The lowest BCUT2D eigenvalue weighted by Crippen LogP contribution is -2.43. The molecule has 4 nitrogen and oxygen atoms in total. The van der Waals surface area contributed by atoms with E-state index in [1.165, 1.54) is 0 Å². The van der Waals surface area contributed by atoms with Crippen molar-refractivity contribution in [1.82, 2.24) is 4.90 Å². The molecule has 0 bridgehead atoms. The lowest BCUT2D eigenvalue weighted by molar-refractivity contribution is -0.143. The van der Waals surface area contributed by atoms with Crippen LogP contribution in [0.3, 0.4) is 0 Å². The fourth-order valence-electron chi connectivity index (χ4n) is 1.78. The van der Waals surface area contributed by atoms with Crippen LogP contribution in [0.5, 0.6) is 0 Å². The van der Waals surface area contributed by atoms with Gasteiger partial charge in [0.25, 0.3) is 0 Å². The first-order valence-corrected chi connectivity index (χ1v) is 5.15. The van der Waals surface area contributed by atoms with Gasteiger partial charge in [-0.2, -0.15) is 0 Å². The maximum absolute atomic E-state index is 10.8. The highest BCUT2D eigenvalue weighted by Gasteiger charge is 2.24. The van der Waals surface area contributed by atoms with E-state index in [4.69, 9.17) is 9.84 Å². The highest BCUT2D eigenvalue weighted by molar-refractivity contribution is 5.72. The summed E-state index contributed by atoms with van der Waals surface area (Å²) in [4.78, 5) is 12.7. The van der Waals surface area contributed by atoms with Gasteiger partial charge < -0.3 is 9.84 Å². The maximum atomic E-state index is 10.8. The molecule has 0 spiro atoms. The molecule has 1 aliphatic rings. The molecule has 0 radical (unpaired) electrons. The van der Waals surface area contributed by atoms with Gasteiger partial charge in [0.1, 0.15) is 6.04 Å². The van der Waals surface area contributed by atoms with E-state index >= 15 is 0 Å². The lowest BCUT2D eigenvalue weighted by atomic mass is 10.1. The molecule has 1 heterocycles. The number of rotatable bonds is 3. The van der Waals surface area contributed by atoms with Crippen molar-refractivity contribution in [2.45, 2.75) is 38.3 Å². The minimum Gasteiger partial charge on any atom is -0.480 e. The number of hydrogen-bond acceptors (Lipinski definition) is 3. The van der Waals surface area contributed by atoms with E-state index in [1.807, 2.05) is 11.9 Å². The minimum atomic E-state index is -0.752. The minimum absolute atomic E-state index is 0.351. The summed E-state index contributed by atoms with van der Waals surface area (Å²) in [6, 6.07) is -0.0540. The Labute approximate surface area is 84.8 Å². The van der Waals surface area contributed by atoms with Crippen molar-refractivity contribution in [2.75, 3.05) is 20.3 Å². The largest absolute Gasteiger partial charge is 0.480 e. The first kappa shape index (κ1) is 11.5. The average Bonchev–Trinajstić information content (AvgIpc) is 2.43. The molecule has 82 valence electrons. The molecule has 0 aromatic carbocycles. The molecule has 1 rings (SSSR count). The number of hydrogen-bond donors (Lipinski definition) is 1. The monoisotopic (exact) mass is 201 g/mol. The third-order valence-corrected chi connectivity index (χ3v) is 2.97. The molecule has 1 saturated heterocycles. The van der Waals surface area contributed by atoms with Crippen molar-refractivity contribution in [2.24, 2.45) is 0 Å². The fourth-order valence-corrected chi connectivity index (χ4v) is 1.78. The van der Waals surface area contributed by atoms with Gasteiger partial charge in [-0.1, -0.05) is 0 Å². The van der Waals surface area contributed by atoms with Crippen LogP contribution in [0.4, 0.5) is 0 Å². The third-order valence-electron chi connectivity index (χ3n) is 2.97. The first-order chi connectivity index (χ1) is 6.63. The molecular formula is C10H19NO3. The van der Waals surface area contributed by atoms with Crippen LogP contribution in [0.2, 0.25) is 0 Å². The second-order valence-electron chi connectivity index (χ2n) is 3.88. The summed E-state index contributed by atoms with van der Waals surface area (Å²) in [7, 11) is 1.88. The van der Waals surface area contributed by atoms with Crippen LogP contribution < -0.4 is 0 Å². The number of likely N-dealkylation sites (N-methyl/N-ethyl adjacent to an activating group) is 1. The molecule has 0 amide bonds. The quantitative estimate of drug-likeness (QED) is 0.739. The highest BCUT2D eigenvalue weighted by Crippen LogP contribution is 2.16. The zero-order valence-corrected chi connectivity index (χ0v) is 8.90. The van der Waals surface area contributed by atoms with Gasteiger partial charge in [-0.25, -0.2) is 0 Å². The smallest absolute Gasteiger partial charge is 0.320 e. The molecule has 1 N–H and O–H groups in total. The number of carboxylic acids is 1. The first-order valence-electron chi connectivity index (χ1n) is 5.15. The molecule has 4 heteroatoms. The van der Waals surface area contributed by atoms with E-state index < -0.39 is 12.0 Å². The number of carbonyl (C=O) groups is 1. The number of ether oxygens (including phenoxy) is 1. The summed E-state index contributed by atoms with van der Waals surface area (Å²) in [5.41, 5.74) is 0. The molecule has 0 saturated carbocycles. The predicted molar refractivity (Wildman–Crippen MR) is 53.3 cm³/mol. The zero-order chi connectivity index (χ0) is 10.6. The van der Waals surface area contributed by atoms with Gasteiger partial charge in [-0.3, -0.25) is 9.69 Å². The summed E-state index contributed by atoms with van der Waals surface area (Å²) in [5, 5.41) is 8.88. The van der Waals surface area contributed by atoms with Crippen molar-refractivity contribution >= 4 is 5.97 Å². The Bertz CT molecular complexity index is 188. The molecule has 2 unspecified atom stereocenters. The highest BCUT2D eigenvalue weighted by atomic mass is 16.5. The Morgan fingerprint density at radius 1 is 1.50 bits per heavy atom. The van der Waals surface area contributed by atoms with Crippen LogP contribution in [0.15, 0.2) is 0 Å². The molecular weight excluding hydrogens is 182 g/mol. The summed E-state index contributed by atoms with van der Waals surface area (Å²) in [6.45, 7) is 3.29. The normalized spacial score (nSPS) is 25.8. The molecule has 0 aromatic heterocycles. The van der Waals surface area contributed by atoms with Gasteiger partial charge in [0, 0.05) is 19.3 Å². The van der Waals surface area contributed by atoms with Crippen molar-refractivity contribution in [3.8, 4) is 0 Å². The number of aliphatic carboxylic acids is 1. The standard InChI is InChI=1S/C10H19NO3/c1-8(10(12)13)11(2)9-4-3-6-14-7-5-9/h8-9H,3-7H2,1-2H3,(H,12,13). The van der Waals surface area contributed by atoms with Crippen molar-refractivity contribution in [3.05, 3.63) is 0 Å². The summed E-state index contributed by atoms with van der Waals surface area (Å²) < 4.78 is 5.34. The lowest BCUT2D eigenvalue weighted by Gasteiger charge is -2.29. The fraction of sp³-hybridized carbons (Fsp3) is 0.900. The molecule has 0 aromatic rings. The Morgan fingerprint density at radius 3 is 2.86 bits per heavy atom. The predicted octanol–water partition coefficient (Wildman–Crippen LogP) is 0.960. The van der Waals surface area contributed by atoms with Gasteiger partial charge in [0.2, 0.25) is 0 Å². The maximum Gasteiger partial charge on any atom is 0.320 e.